The van der Waals surface area contributed by atoms with E-state index in [2.05, 4.69) is 0 Å². The van der Waals surface area contributed by atoms with E-state index >= 15 is 0 Å². The van der Waals surface area contributed by atoms with Crippen molar-refractivity contribution >= 4 is 12.0 Å². The van der Waals surface area contributed by atoms with Gasteiger partial charge in [-0.05, 0) is 17.7 Å². The van der Waals surface area contributed by atoms with Crippen molar-refractivity contribution in [2.75, 3.05) is 6.61 Å². The van der Waals surface area contributed by atoms with Crippen LogP contribution in [0, 0.1) is 5.82 Å². The number of aliphatic carboxylic acids is 1. The molecule has 0 bridgehead atoms. The average Bonchev–Trinajstić information content (AvgIpc) is 2.26. The highest BCUT2D eigenvalue weighted by Gasteiger charge is 2.07. The number of halogens is 1. The maximum Gasteiger partial charge on any atom is 0.328 e. The summed E-state index contributed by atoms with van der Waals surface area (Å²) >= 11 is 0. The quantitative estimate of drug-likeness (QED) is 0.665. The van der Waals surface area contributed by atoms with Gasteiger partial charge >= 0.3 is 5.97 Å². The van der Waals surface area contributed by atoms with Crippen molar-refractivity contribution in [3.63, 3.8) is 0 Å². The topological polar surface area (TPSA) is 83.5 Å². The Morgan fingerprint density at radius 2 is 2.25 bits per heavy atom. The molecule has 0 aliphatic carbocycles. The van der Waals surface area contributed by atoms with Gasteiger partial charge in [-0.15, -0.1) is 0 Å². The van der Waals surface area contributed by atoms with E-state index < -0.39 is 17.8 Å². The van der Waals surface area contributed by atoms with Gasteiger partial charge in [0.25, 0.3) is 0 Å². The molecule has 86 valence electrons. The second-order valence-corrected chi connectivity index (χ2v) is 3.24. The molecule has 0 aliphatic heterocycles. The Hall–Kier alpha value is -1.72. The monoisotopic (exact) mass is 225 g/mol. The fourth-order valence-corrected chi connectivity index (χ4v) is 1.18. The summed E-state index contributed by atoms with van der Waals surface area (Å²) < 4.78 is 13.4. The molecule has 4 nitrogen and oxygen atoms in total. The third-order valence-electron chi connectivity index (χ3n) is 2.05. The molecule has 0 amide bonds. The van der Waals surface area contributed by atoms with E-state index in [4.69, 9.17) is 15.9 Å². The molecular formula is C11H12FNO3. The minimum atomic E-state index is -1.14. The van der Waals surface area contributed by atoms with Crippen LogP contribution in [-0.2, 0) is 4.79 Å². The molecule has 0 fully saturated rings. The van der Waals surface area contributed by atoms with Gasteiger partial charge in [-0.1, -0.05) is 12.1 Å². The first kappa shape index (κ1) is 12.4. The highest BCUT2D eigenvalue weighted by atomic mass is 19.1. The summed E-state index contributed by atoms with van der Waals surface area (Å²) in [7, 11) is 0. The van der Waals surface area contributed by atoms with E-state index in [1.807, 2.05) is 0 Å². The Balaban J connectivity index is 2.96. The van der Waals surface area contributed by atoms with Gasteiger partial charge in [0.1, 0.15) is 5.82 Å². The van der Waals surface area contributed by atoms with Crippen LogP contribution in [0.5, 0.6) is 0 Å². The summed E-state index contributed by atoms with van der Waals surface area (Å²) in [6, 6.07) is 3.51. The summed E-state index contributed by atoms with van der Waals surface area (Å²) in [5.74, 6) is -1.71. The zero-order valence-corrected chi connectivity index (χ0v) is 8.43. The predicted molar refractivity (Wildman–Crippen MR) is 57.1 cm³/mol. The highest BCUT2D eigenvalue weighted by molar-refractivity contribution is 5.85. The van der Waals surface area contributed by atoms with Gasteiger partial charge in [0.05, 0.1) is 12.6 Å². The lowest BCUT2D eigenvalue weighted by atomic mass is 10.1. The molecule has 0 saturated heterocycles. The lowest BCUT2D eigenvalue weighted by Gasteiger charge is -2.09. The standard InChI is InChI=1S/C11H12FNO3/c12-9-5-8(10(13)6-14)2-1-7(9)3-4-11(15)16/h1-5,10,14H,6,13H2,(H,15,16)/b4-3+/t10-/m0/s1. The molecule has 0 aliphatic rings. The number of carbonyl (C=O) groups is 1. The molecule has 5 heteroatoms. The molecule has 0 saturated carbocycles. The molecule has 1 aromatic carbocycles. The van der Waals surface area contributed by atoms with Crippen LogP contribution in [0.1, 0.15) is 17.2 Å². The van der Waals surface area contributed by atoms with Crippen LogP contribution in [-0.4, -0.2) is 22.8 Å². The first-order valence-electron chi connectivity index (χ1n) is 4.61. The number of aliphatic hydroxyl groups excluding tert-OH is 1. The Morgan fingerprint density at radius 3 is 2.75 bits per heavy atom. The minimum Gasteiger partial charge on any atom is -0.478 e. The molecule has 0 aromatic heterocycles. The van der Waals surface area contributed by atoms with Crippen molar-refractivity contribution in [1.82, 2.24) is 0 Å². The summed E-state index contributed by atoms with van der Waals surface area (Å²) in [6.07, 6.45) is 2.01. The van der Waals surface area contributed by atoms with Crippen LogP contribution in [0.15, 0.2) is 24.3 Å². The number of rotatable bonds is 4. The van der Waals surface area contributed by atoms with Gasteiger partial charge in [0.15, 0.2) is 0 Å². The fourth-order valence-electron chi connectivity index (χ4n) is 1.18. The Morgan fingerprint density at radius 1 is 1.56 bits per heavy atom. The molecule has 0 heterocycles. The van der Waals surface area contributed by atoms with Crippen molar-refractivity contribution in [3.8, 4) is 0 Å². The van der Waals surface area contributed by atoms with Gasteiger partial charge in [0.2, 0.25) is 0 Å². The average molecular weight is 225 g/mol. The summed E-state index contributed by atoms with van der Waals surface area (Å²) in [6.45, 7) is -0.274. The number of benzene rings is 1. The second-order valence-electron chi connectivity index (χ2n) is 3.24. The molecule has 1 atom stereocenters. The lowest BCUT2D eigenvalue weighted by molar-refractivity contribution is -0.131. The lowest BCUT2D eigenvalue weighted by Crippen LogP contribution is -2.14. The first-order chi connectivity index (χ1) is 7.54. The van der Waals surface area contributed by atoms with Crippen molar-refractivity contribution < 1.29 is 19.4 Å². The first-order valence-corrected chi connectivity index (χ1v) is 4.61. The van der Waals surface area contributed by atoms with Crippen molar-refractivity contribution in [1.29, 1.82) is 0 Å². The van der Waals surface area contributed by atoms with Crippen molar-refractivity contribution in [2.45, 2.75) is 6.04 Å². The number of hydrogen-bond acceptors (Lipinski definition) is 3. The zero-order valence-electron chi connectivity index (χ0n) is 8.43. The molecule has 0 spiro atoms. The zero-order chi connectivity index (χ0) is 12.1. The van der Waals surface area contributed by atoms with Gasteiger partial charge in [0, 0.05) is 11.6 Å². The summed E-state index contributed by atoms with van der Waals surface area (Å²) in [5.41, 5.74) is 6.14. The van der Waals surface area contributed by atoms with Crippen LogP contribution in [0.4, 0.5) is 4.39 Å². The summed E-state index contributed by atoms with van der Waals surface area (Å²) in [4.78, 5) is 10.2. The van der Waals surface area contributed by atoms with Crippen LogP contribution in [0.2, 0.25) is 0 Å². The Labute approximate surface area is 91.8 Å². The van der Waals surface area contributed by atoms with Crippen LogP contribution in [0.3, 0.4) is 0 Å². The molecule has 16 heavy (non-hydrogen) atoms. The normalized spacial score (nSPS) is 12.9. The maximum atomic E-state index is 13.4. The Kier molecular flexibility index (Phi) is 4.16. The number of nitrogens with two attached hydrogens (primary N) is 1. The molecule has 0 radical (unpaired) electrons. The second kappa shape index (κ2) is 5.39. The third kappa shape index (κ3) is 3.15. The number of aliphatic hydroxyl groups is 1. The number of carboxylic acid groups (broad SMARTS) is 1. The minimum absolute atomic E-state index is 0.163. The van der Waals surface area contributed by atoms with Crippen LogP contribution in [0.25, 0.3) is 6.08 Å². The van der Waals surface area contributed by atoms with Crippen molar-refractivity contribution in [2.24, 2.45) is 5.73 Å². The molecule has 1 rings (SSSR count). The molecular weight excluding hydrogens is 213 g/mol. The van der Waals surface area contributed by atoms with E-state index in [1.165, 1.54) is 12.1 Å². The van der Waals surface area contributed by atoms with E-state index in [1.54, 1.807) is 6.07 Å². The summed E-state index contributed by atoms with van der Waals surface area (Å²) in [5, 5.41) is 17.2. The molecule has 0 unspecified atom stereocenters. The third-order valence-corrected chi connectivity index (χ3v) is 2.05. The highest BCUT2D eigenvalue weighted by Crippen LogP contribution is 2.16. The number of hydrogen-bond donors (Lipinski definition) is 3. The number of carboxylic acids is 1. The van der Waals surface area contributed by atoms with E-state index in [-0.39, 0.29) is 12.2 Å². The van der Waals surface area contributed by atoms with Crippen molar-refractivity contribution in [3.05, 3.63) is 41.2 Å². The van der Waals surface area contributed by atoms with E-state index in [0.717, 1.165) is 12.2 Å². The Bertz CT molecular complexity index is 418. The van der Waals surface area contributed by atoms with Gasteiger partial charge in [-0.25, -0.2) is 9.18 Å². The fraction of sp³-hybridized carbons (Fsp3) is 0.182. The van der Waals surface area contributed by atoms with Gasteiger partial charge < -0.3 is 15.9 Å². The van der Waals surface area contributed by atoms with E-state index in [9.17, 15) is 9.18 Å². The predicted octanol–water partition coefficient (Wildman–Crippen LogP) is 0.916. The smallest absolute Gasteiger partial charge is 0.328 e. The van der Waals surface area contributed by atoms with E-state index in [0.29, 0.717) is 5.56 Å². The molecule has 4 N–H and O–H groups in total. The van der Waals surface area contributed by atoms with Gasteiger partial charge in [-0.3, -0.25) is 0 Å². The van der Waals surface area contributed by atoms with Gasteiger partial charge in [-0.2, -0.15) is 0 Å². The molecule has 1 aromatic rings. The maximum absolute atomic E-state index is 13.4. The van der Waals surface area contributed by atoms with Crippen LogP contribution >= 0.6 is 0 Å². The van der Waals surface area contributed by atoms with Crippen LogP contribution < -0.4 is 5.73 Å². The largest absolute Gasteiger partial charge is 0.478 e. The SMILES string of the molecule is N[C@@H](CO)c1ccc(/C=C/C(=O)O)c(F)c1.